The molecular formula is C18H25N3O3S. The highest BCUT2D eigenvalue weighted by atomic mass is 32.2. The maximum atomic E-state index is 12.6. The van der Waals surface area contributed by atoms with Gasteiger partial charge >= 0.3 is 0 Å². The van der Waals surface area contributed by atoms with E-state index in [1.54, 1.807) is 18.2 Å². The molecule has 2 aliphatic rings. The van der Waals surface area contributed by atoms with Crippen molar-refractivity contribution in [3.63, 3.8) is 0 Å². The first-order valence-electron chi connectivity index (χ1n) is 8.95. The third-order valence-electron chi connectivity index (χ3n) is 4.99. The van der Waals surface area contributed by atoms with E-state index in [-0.39, 0.29) is 10.8 Å². The van der Waals surface area contributed by atoms with Crippen molar-refractivity contribution in [1.82, 2.24) is 9.73 Å². The molecule has 25 heavy (non-hydrogen) atoms. The molecule has 1 N–H and O–H groups in total. The zero-order chi connectivity index (χ0) is 17.9. The Kier molecular flexibility index (Phi) is 5.54. The quantitative estimate of drug-likeness (QED) is 0.836. The summed E-state index contributed by atoms with van der Waals surface area (Å²) in [5, 5.41) is 4.27. The van der Waals surface area contributed by atoms with Crippen LogP contribution in [0.15, 0.2) is 34.3 Å². The van der Waals surface area contributed by atoms with Crippen LogP contribution >= 0.6 is 0 Å². The number of rotatable bonds is 4. The van der Waals surface area contributed by atoms with Crippen LogP contribution in [0.2, 0.25) is 0 Å². The molecule has 6 nitrogen and oxygen atoms in total. The number of carbonyl (C=O) groups excluding carboxylic acids is 1. The monoisotopic (exact) mass is 363 g/mol. The lowest BCUT2D eigenvalue weighted by Crippen LogP contribution is -2.28. The lowest BCUT2D eigenvalue weighted by molar-refractivity contribution is 0.0954. The van der Waals surface area contributed by atoms with Gasteiger partial charge in [-0.3, -0.25) is 4.79 Å². The van der Waals surface area contributed by atoms with Crippen molar-refractivity contribution in [3.05, 3.63) is 29.8 Å². The van der Waals surface area contributed by atoms with E-state index in [0.717, 1.165) is 37.8 Å². The van der Waals surface area contributed by atoms with Crippen LogP contribution in [0.25, 0.3) is 0 Å². The minimum absolute atomic E-state index is 0.167. The fourth-order valence-corrected chi connectivity index (χ4v) is 4.96. The number of benzene rings is 1. The summed E-state index contributed by atoms with van der Waals surface area (Å²) in [5.74, 6) is 0.0136. The van der Waals surface area contributed by atoms with Crippen molar-refractivity contribution >= 4 is 21.6 Å². The zero-order valence-electron chi connectivity index (χ0n) is 14.6. The molecule has 1 aromatic rings. The molecule has 1 saturated heterocycles. The Morgan fingerprint density at radius 2 is 1.96 bits per heavy atom. The van der Waals surface area contributed by atoms with E-state index in [9.17, 15) is 13.2 Å². The number of nitrogens with one attached hydrogen (secondary N) is 1. The van der Waals surface area contributed by atoms with Gasteiger partial charge in [0.25, 0.3) is 5.91 Å². The van der Waals surface area contributed by atoms with Crippen molar-refractivity contribution in [2.75, 3.05) is 13.1 Å². The number of carbonyl (C=O) groups is 1. The molecule has 1 aliphatic heterocycles. The van der Waals surface area contributed by atoms with Crippen LogP contribution in [0.3, 0.4) is 0 Å². The molecule has 0 aromatic heterocycles. The molecule has 3 rings (SSSR count). The van der Waals surface area contributed by atoms with E-state index in [1.807, 2.05) is 0 Å². The Hall–Kier alpha value is -1.73. The van der Waals surface area contributed by atoms with Crippen LogP contribution in [-0.2, 0) is 10.0 Å². The zero-order valence-corrected chi connectivity index (χ0v) is 15.4. The standard InChI is InChI=1S/C18H25N3O3S/c1-14-7-2-3-10-17(14)19-20-18(22)15-8-6-9-16(13-15)25(23,24)21-11-4-5-12-21/h6,8-9,13-14H,2-5,7,10-12H2,1H3,(H,20,22)/t14-/m0/s1. The molecule has 1 atom stereocenters. The molecule has 0 unspecified atom stereocenters. The molecule has 0 radical (unpaired) electrons. The predicted octanol–water partition coefficient (Wildman–Crippen LogP) is 2.77. The van der Waals surface area contributed by atoms with E-state index >= 15 is 0 Å². The van der Waals surface area contributed by atoms with Gasteiger partial charge in [-0.15, -0.1) is 0 Å². The lowest BCUT2D eigenvalue weighted by atomic mass is 9.89. The van der Waals surface area contributed by atoms with Crippen molar-refractivity contribution in [2.24, 2.45) is 11.0 Å². The van der Waals surface area contributed by atoms with Crippen LogP contribution < -0.4 is 5.43 Å². The summed E-state index contributed by atoms with van der Waals surface area (Å²) in [5.41, 5.74) is 3.92. The Labute approximate surface area is 149 Å². The highest BCUT2D eigenvalue weighted by molar-refractivity contribution is 7.89. The van der Waals surface area contributed by atoms with Gasteiger partial charge in [0.1, 0.15) is 0 Å². The Balaban J connectivity index is 1.74. The number of nitrogens with zero attached hydrogens (tertiary/aromatic N) is 2. The maximum Gasteiger partial charge on any atom is 0.271 e. The van der Waals surface area contributed by atoms with Gasteiger partial charge < -0.3 is 0 Å². The topological polar surface area (TPSA) is 78.8 Å². The molecule has 1 aliphatic carbocycles. The van der Waals surface area contributed by atoms with E-state index < -0.39 is 10.0 Å². The fraction of sp³-hybridized carbons (Fsp3) is 0.556. The SMILES string of the molecule is C[C@H]1CCCCC1=NNC(=O)c1cccc(S(=O)(=O)N2CCCC2)c1. The van der Waals surface area contributed by atoms with Gasteiger partial charge in [-0.2, -0.15) is 9.41 Å². The van der Waals surface area contributed by atoms with Gasteiger partial charge in [-0.05, 0) is 56.2 Å². The molecule has 136 valence electrons. The first-order chi connectivity index (χ1) is 12.0. The van der Waals surface area contributed by atoms with Gasteiger partial charge in [-0.25, -0.2) is 13.8 Å². The van der Waals surface area contributed by atoms with Gasteiger partial charge in [-0.1, -0.05) is 19.4 Å². The van der Waals surface area contributed by atoms with Crippen molar-refractivity contribution < 1.29 is 13.2 Å². The Morgan fingerprint density at radius 1 is 1.20 bits per heavy atom. The van der Waals surface area contributed by atoms with Crippen molar-refractivity contribution in [1.29, 1.82) is 0 Å². The normalized spacial score (nSPS) is 23.7. The summed E-state index contributed by atoms with van der Waals surface area (Å²) >= 11 is 0. The molecule has 1 saturated carbocycles. The highest BCUT2D eigenvalue weighted by Gasteiger charge is 2.27. The summed E-state index contributed by atoms with van der Waals surface area (Å²) in [4.78, 5) is 12.5. The number of hydrogen-bond donors (Lipinski definition) is 1. The van der Waals surface area contributed by atoms with Crippen LogP contribution in [0, 0.1) is 5.92 Å². The average Bonchev–Trinajstić information content (AvgIpc) is 3.16. The first kappa shape index (κ1) is 18.1. The smallest absolute Gasteiger partial charge is 0.267 e. The fourth-order valence-electron chi connectivity index (χ4n) is 3.40. The Bertz CT molecular complexity index is 768. The first-order valence-corrected chi connectivity index (χ1v) is 10.4. The second-order valence-electron chi connectivity index (χ2n) is 6.83. The molecule has 2 fully saturated rings. The highest BCUT2D eigenvalue weighted by Crippen LogP contribution is 2.22. The minimum atomic E-state index is -3.52. The third-order valence-corrected chi connectivity index (χ3v) is 6.88. The molecule has 0 spiro atoms. The van der Waals surface area contributed by atoms with Gasteiger partial charge in [0, 0.05) is 24.4 Å². The molecule has 1 heterocycles. The summed E-state index contributed by atoms with van der Waals surface area (Å²) in [6.07, 6.45) is 6.07. The molecular weight excluding hydrogens is 338 g/mol. The summed E-state index contributed by atoms with van der Waals surface area (Å²) in [6.45, 7) is 3.21. The second-order valence-corrected chi connectivity index (χ2v) is 8.77. The van der Waals surface area contributed by atoms with E-state index in [0.29, 0.717) is 24.6 Å². The third kappa shape index (κ3) is 4.10. The van der Waals surface area contributed by atoms with E-state index in [2.05, 4.69) is 17.5 Å². The van der Waals surface area contributed by atoms with Crippen LogP contribution in [0.4, 0.5) is 0 Å². The van der Waals surface area contributed by atoms with Gasteiger partial charge in [0.2, 0.25) is 10.0 Å². The number of hydrazone groups is 1. The number of amides is 1. The summed E-state index contributed by atoms with van der Waals surface area (Å²) < 4.78 is 26.7. The molecule has 0 bridgehead atoms. The van der Waals surface area contributed by atoms with Crippen LogP contribution in [0.5, 0.6) is 0 Å². The van der Waals surface area contributed by atoms with Crippen LogP contribution in [0.1, 0.15) is 55.8 Å². The number of sulfonamides is 1. The Morgan fingerprint density at radius 3 is 2.68 bits per heavy atom. The largest absolute Gasteiger partial charge is 0.271 e. The molecule has 7 heteroatoms. The molecule has 1 aromatic carbocycles. The minimum Gasteiger partial charge on any atom is -0.267 e. The van der Waals surface area contributed by atoms with Crippen molar-refractivity contribution in [3.8, 4) is 0 Å². The lowest BCUT2D eigenvalue weighted by Gasteiger charge is -2.19. The summed E-state index contributed by atoms with van der Waals surface area (Å²) in [7, 11) is -3.52. The van der Waals surface area contributed by atoms with Gasteiger partial charge in [0.05, 0.1) is 4.90 Å². The second kappa shape index (κ2) is 7.66. The van der Waals surface area contributed by atoms with Crippen molar-refractivity contribution in [2.45, 2.75) is 50.3 Å². The average molecular weight is 363 g/mol. The van der Waals surface area contributed by atoms with E-state index in [4.69, 9.17) is 0 Å². The van der Waals surface area contributed by atoms with Crippen LogP contribution in [-0.4, -0.2) is 37.4 Å². The van der Waals surface area contributed by atoms with E-state index in [1.165, 1.54) is 16.8 Å². The summed E-state index contributed by atoms with van der Waals surface area (Å²) in [6, 6.07) is 6.20. The van der Waals surface area contributed by atoms with Gasteiger partial charge in [0.15, 0.2) is 0 Å². The maximum absolute atomic E-state index is 12.6. The number of hydrogen-bond acceptors (Lipinski definition) is 4. The predicted molar refractivity (Wildman–Crippen MR) is 97.0 cm³/mol. The molecule has 1 amide bonds.